The van der Waals surface area contributed by atoms with Crippen molar-refractivity contribution in [3.63, 3.8) is 0 Å². The molecule has 5 N–H and O–H groups in total. The average Bonchev–Trinajstić information content (AvgIpc) is 3.44. The number of halogens is 1. The van der Waals surface area contributed by atoms with Crippen molar-refractivity contribution in [2.24, 2.45) is 5.16 Å². The molecule has 2 aliphatic rings. The number of aliphatic carboxylic acids is 1. The van der Waals surface area contributed by atoms with Gasteiger partial charge in [-0.05, 0) is 6.42 Å². The Bertz CT molecular complexity index is 1220. The number of alkyl halides is 1. The smallest absolute Gasteiger partial charge is 0.543 e. The number of carbonyl (C=O) groups is 3. The van der Waals surface area contributed by atoms with Crippen LogP contribution in [0.3, 0.4) is 0 Å². The van der Waals surface area contributed by atoms with Gasteiger partial charge in [-0.15, -0.1) is 46.2 Å². The van der Waals surface area contributed by atoms with Gasteiger partial charge >= 0.3 is 29.6 Å². The van der Waals surface area contributed by atoms with Gasteiger partial charge < -0.3 is 31.5 Å². The largest absolute Gasteiger partial charge is 1.00 e. The SMILES string of the molecule is Nc1nc(CCSC2=C(C(=O)[O-])N3C(=O)[C@@H](NC(=O)/C(=N\OCF)c4csc(N)n4)[C@H]3SC2)cs1.[Na+]. The maximum absolute atomic E-state index is 12.8. The molecule has 0 aliphatic carbocycles. The third kappa shape index (κ3) is 6.15. The molecule has 0 unspecified atom stereocenters. The normalized spacial score (nSPS) is 19.3. The molecule has 36 heavy (non-hydrogen) atoms. The molecule has 186 valence electrons. The van der Waals surface area contributed by atoms with Crippen molar-refractivity contribution in [3.05, 3.63) is 32.8 Å². The van der Waals surface area contributed by atoms with Gasteiger partial charge in [0.1, 0.15) is 17.1 Å². The van der Waals surface area contributed by atoms with Crippen molar-refractivity contribution in [2.45, 2.75) is 17.8 Å². The number of oxime groups is 1. The number of nitrogen functional groups attached to an aromatic ring is 2. The van der Waals surface area contributed by atoms with Gasteiger partial charge in [-0.1, -0.05) is 5.16 Å². The molecule has 0 bridgehead atoms. The van der Waals surface area contributed by atoms with E-state index in [2.05, 4.69) is 25.3 Å². The standard InChI is InChI=1S/C18H18FN7O5S4.Na/c19-6-31-25-10(8-4-35-18(21)23-8)13(27)24-11-14(28)26-12(16(29)30)9(5-33-15(11)26)32-2-1-7-3-34-17(20)22-7;/h3-4,11,15H,1-2,5-6H2,(H2,20,22)(H2,21,23)(H,24,27)(H,29,30);/q;+1/p-1/b25-10-;/t11-,15-;/m1./s1. The monoisotopic (exact) mass is 581 g/mol. The first kappa shape index (κ1) is 28.7. The van der Waals surface area contributed by atoms with E-state index in [1.54, 1.807) is 0 Å². The van der Waals surface area contributed by atoms with Crippen molar-refractivity contribution in [1.29, 1.82) is 0 Å². The summed E-state index contributed by atoms with van der Waals surface area (Å²) in [7, 11) is 0. The van der Waals surface area contributed by atoms with Gasteiger partial charge in [-0.25, -0.2) is 14.4 Å². The molecule has 1 fully saturated rings. The fraction of sp³-hybridized carbons (Fsp3) is 0.333. The predicted octanol–water partition coefficient (Wildman–Crippen LogP) is -3.25. The van der Waals surface area contributed by atoms with Crippen LogP contribution < -0.4 is 51.4 Å². The maximum atomic E-state index is 12.8. The molecule has 2 amide bonds. The Labute approximate surface area is 242 Å². The quantitative estimate of drug-likeness (QED) is 0.111. The number of carboxylic acid groups (broad SMARTS) is 1. The molecule has 4 heterocycles. The third-order valence-corrected chi connectivity index (χ3v) is 8.76. The van der Waals surface area contributed by atoms with Crippen molar-refractivity contribution in [3.8, 4) is 0 Å². The second kappa shape index (κ2) is 12.6. The Balaban J connectivity index is 0.00000361. The summed E-state index contributed by atoms with van der Waals surface area (Å²) < 4.78 is 12.5. The summed E-state index contributed by atoms with van der Waals surface area (Å²) in [5.74, 6) is -2.10. The Morgan fingerprint density at radius 1 is 1.31 bits per heavy atom. The van der Waals surface area contributed by atoms with Gasteiger partial charge in [-0.3, -0.25) is 14.5 Å². The number of amides is 2. The van der Waals surface area contributed by atoms with Crippen molar-refractivity contribution in [1.82, 2.24) is 20.2 Å². The van der Waals surface area contributed by atoms with Crippen LogP contribution in [0, 0.1) is 0 Å². The van der Waals surface area contributed by atoms with Gasteiger partial charge in [0.05, 0.1) is 17.4 Å². The number of thioether (sulfide) groups is 2. The van der Waals surface area contributed by atoms with Crippen LogP contribution in [-0.4, -0.2) is 68.1 Å². The Hall–Kier alpha value is -1.89. The topological polar surface area (TPSA) is 189 Å². The number of thiazole rings is 2. The van der Waals surface area contributed by atoms with Crippen LogP contribution in [-0.2, 0) is 25.6 Å². The third-order valence-electron chi connectivity index (χ3n) is 4.80. The molecule has 0 spiro atoms. The minimum absolute atomic E-state index is 0. The van der Waals surface area contributed by atoms with Crippen LogP contribution in [0.25, 0.3) is 0 Å². The van der Waals surface area contributed by atoms with Crippen LogP contribution in [0.2, 0.25) is 0 Å². The number of rotatable bonds is 10. The van der Waals surface area contributed by atoms with Crippen molar-refractivity contribution < 1.29 is 58.3 Å². The summed E-state index contributed by atoms with van der Waals surface area (Å²) in [6.07, 6.45) is 0.577. The van der Waals surface area contributed by atoms with E-state index in [0.717, 1.165) is 21.9 Å². The van der Waals surface area contributed by atoms with Gasteiger partial charge in [0.2, 0.25) is 0 Å². The first-order chi connectivity index (χ1) is 16.8. The first-order valence-corrected chi connectivity index (χ1v) is 13.6. The number of anilines is 2. The summed E-state index contributed by atoms with van der Waals surface area (Å²) in [4.78, 5) is 51.6. The summed E-state index contributed by atoms with van der Waals surface area (Å²) >= 11 is 4.96. The van der Waals surface area contributed by atoms with Crippen molar-refractivity contribution in [2.75, 3.05) is 29.8 Å². The number of fused-ring (bicyclic) bond motifs is 1. The average molecular weight is 582 g/mol. The number of nitrogens with one attached hydrogen (secondary N) is 1. The molecule has 2 aliphatic heterocycles. The number of carbonyl (C=O) groups excluding carboxylic acids is 3. The maximum Gasteiger partial charge on any atom is 1.00 e. The molecule has 1 saturated heterocycles. The number of β-lactam (4-membered cyclic amide) rings is 1. The van der Waals surface area contributed by atoms with Crippen LogP contribution in [0.1, 0.15) is 11.4 Å². The molecule has 2 aromatic heterocycles. The van der Waals surface area contributed by atoms with E-state index >= 15 is 0 Å². The number of carboxylic acids is 1. The van der Waals surface area contributed by atoms with Crippen molar-refractivity contribution >= 4 is 80.0 Å². The predicted molar refractivity (Wildman–Crippen MR) is 130 cm³/mol. The van der Waals surface area contributed by atoms with Gasteiger partial charge in [0.15, 0.2) is 16.0 Å². The zero-order valence-corrected chi connectivity index (χ0v) is 23.9. The first-order valence-electron chi connectivity index (χ1n) is 9.80. The zero-order valence-electron chi connectivity index (χ0n) is 18.6. The van der Waals surface area contributed by atoms with E-state index in [-0.39, 0.29) is 51.8 Å². The molecule has 4 rings (SSSR count). The zero-order chi connectivity index (χ0) is 25.1. The summed E-state index contributed by atoms with van der Waals surface area (Å²) in [6.45, 7) is -1.28. The van der Waals surface area contributed by atoms with Crippen LogP contribution in [0.4, 0.5) is 14.7 Å². The number of hydrogen-bond donors (Lipinski definition) is 3. The van der Waals surface area contributed by atoms with Crippen LogP contribution >= 0.6 is 46.2 Å². The van der Waals surface area contributed by atoms with E-state index in [9.17, 15) is 23.9 Å². The number of aromatic nitrogens is 2. The fourth-order valence-electron chi connectivity index (χ4n) is 3.31. The van der Waals surface area contributed by atoms with Gasteiger partial charge in [0.25, 0.3) is 18.7 Å². The minimum atomic E-state index is -1.48. The number of hydrogen-bond acceptors (Lipinski definition) is 14. The van der Waals surface area contributed by atoms with Gasteiger partial charge in [-0.2, -0.15) is 0 Å². The molecule has 18 heteroatoms. The number of nitrogens with zero attached hydrogens (tertiary/aromatic N) is 4. The summed E-state index contributed by atoms with van der Waals surface area (Å²) in [5, 5.41) is 21.0. The molecule has 2 atom stereocenters. The molecule has 2 aromatic rings. The summed E-state index contributed by atoms with van der Waals surface area (Å²) in [5.41, 5.74) is 11.5. The Kier molecular flexibility index (Phi) is 10.0. The van der Waals surface area contributed by atoms with E-state index in [0.29, 0.717) is 28.0 Å². The Morgan fingerprint density at radius 2 is 2.03 bits per heavy atom. The fourth-order valence-corrected chi connectivity index (χ4v) is 7.06. The van der Waals surface area contributed by atoms with Gasteiger partial charge in [0, 0.05) is 27.2 Å². The molecule has 0 aromatic carbocycles. The van der Waals surface area contributed by atoms with E-state index in [4.69, 9.17) is 11.5 Å². The number of nitrogens with two attached hydrogens (primary N) is 2. The second-order valence-corrected chi connectivity index (χ2v) is 11.0. The minimum Gasteiger partial charge on any atom is -0.543 e. The van der Waals surface area contributed by atoms with E-state index in [1.165, 1.54) is 40.2 Å². The van der Waals surface area contributed by atoms with Crippen LogP contribution in [0.15, 0.2) is 26.5 Å². The molecule has 12 nitrogen and oxygen atoms in total. The van der Waals surface area contributed by atoms with E-state index < -0.39 is 36.1 Å². The molecular weight excluding hydrogens is 564 g/mol. The van der Waals surface area contributed by atoms with Crippen LogP contribution in [0.5, 0.6) is 0 Å². The molecule has 0 saturated carbocycles. The molecule has 0 radical (unpaired) electrons. The second-order valence-electron chi connectivity index (χ2n) is 6.94. The van der Waals surface area contributed by atoms with E-state index in [1.807, 2.05) is 5.38 Å². The summed E-state index contributed by atoms with van der Waals surface area (Å²) in [6, 6.07) is -1.03. The number of aryl methyl sites for hydroxylation is 1. The Morgan fingerprint density at radius 3 is 2.64 bits per heavy atom. The molecular formula is C18H17FN7NaO5S4.